The molecule has 0 saturated heterocycles. The zero-order valence-electron chi connectivity index (χ0n) is 13.2. The Hall–Kier alpha value is -2.82. The lowest BCUT2D eigenvalue weighted by Crippen LogP contribution is -2.34. The molecule has 0 amide bonds. The Kier molecular flexibility index (Phi) is 5.95. The fourth-order valence-electron chi connectivity index (χ4n) is 2.29. The maximum atomic E-state index is 13.0. The molecule has 5 heteroatoms. The summed E-state index contributed by atoms with van der Waals surface area (Å²) in [6, 6.07) is 13.5. The lowest BCUT2D eigenvalue weighted by atomic mass is 9.90. The molecule has 2 aromatic carbocycles. The topological polar surface area (TPSA) is 60.4 Å². The Labute approximate surface area is 139 Å². The standard InChI is InChI=1S/C19H17FO4/c1-2-24-19(23)17(16(21)12-13-6-4-3-5-7-13)18(22)14-8-10-15(20)11-9-14/h3-11,17H,2,12H2,1H3. The van der Waals surface area contributed by atoms with Gasteiger partial charge in [-0.1, -0.05) is 30.3 Å². The minimum absolute atomic E-state index is 0.0583. The van der Waals surface area contributed by atoms with Crippen LogP contribution >= 0.6 is 0 Å². The van der Waals surface area contributed by atoms with Gasteiger partial charge in [-0.2, -0.15) is 0 Å². The van der Waals surface area contributed by atoms with Crippen molar-refractivity contribution in [3.8, 4) is 0 Å². The van der Waals surface area contributed by atoms with Crippen molar-refractivity contribution in [2.45, 2.75) is 13.3 Å². The van der Waals surface area contributed by atoms with E-state index in [0.717, 1.165) is 12.1 Å². The fourth-order valence-corrected chi connectivity index (χ4v) is 2.29. The van der Waals surface area contributed by atoms with Crippen LogP contribution in [-0.4, -0.2) is 24.1 Å². The first kappa shape index (κ1) is 17.5. The maximum Gasteiger partial charge on any atom is 0.324 e. The Morgan fingerprint density at radius 3 is 2.21 bits per heavy atom. The molecule has 4 nitrogen and oxygen atoms in total. The molecule has 2 aromatic rings. The van der Waals surface area contributed by atoms with Crippen molar-refractivity contribution in [3.63, 3.8) is 0 Å². The Bertz CT molecular complexity index is 723. The van der Waals surface area contributed by atoms with Crippen molar-refractivity contribution in [2.24, 2.45) is 5.92 Å². The van der Waals surface area contributed by atoms with E-state index in [2.05, 4.69) is 0 Å². The lowest BCUT2D eigenvalue weighted by Gasteiger charge is -2.14. The van der Waals surface area contributed by atoms with E-state index in [9.17, 15) is 18.8 Å². The zero-order chi connectivity index (χ0) is 17.5. The molecule has 24 heavy (non-hydrogen) atoms. The van der Waals surface area contributed by atoms with Gasteiger partial charge in [-0.3, -0.25) is 14.4 Å². The minimum atomic E-state index is -1.55. The Morgan fingerprint density at radius 1 is 1.00 bits per heavy atom. The normalized spacial score (nSPS) is 11.6. The number of Topliss-reactive ketones (excluding diaryl/α,β-unsaturated/α-hetero) is 2. The van der Waals surface area contributed by atoms with E-state index in [1.54, 1.807) is 37.3 Å². The van der Waals surface area contributed by atoms with Crippen molar-refractivity contribution < 1.29 is 23.5 Å². The number of benzene rings is 2. The summed E-state index contributed by atoms with van der Waals surface area (Å²) in [7, 11) is 0. The molecule has 0 radical (unpaired) electrons. The molecule has 1 unspecified atom stereocenters. The van der Waals surface area contributed by atoms with Crippen molar-refractivity contribution in [1.29, 1.82) is 0 Å². The molecule has 1 atom stereocenters. The molecule has 0 heterocycles. The van der Waals surface area contributed by atoms with Crippen LogP contribution in [0.15, 0.2) is 54.6 Å². The molecule has 0 spiro atoms. The first-order valence-corrected chi connectivity index (χ1v) is 7.56. The average Bonchev–Trinajstić information content (AvgIpc) is 2.56. The van der Waals surface area contributed by atoms with Gasteiger partial charge in [0, 0.05) is 12.0 Å². The van der Waals surface area contributed by atoms with Gasteiger partial charge < -0.3 is 4.74 Å². The van der Waals surface area contributed by atoms with Crippen LogP contribution in [0.5, 0.6) is 0 Å². The Balaban J connectivity index is 2.26. The number of hydrogen-bond donors (Lipinski definition) is 0. The molecule has 0 N–H and O–H groups in total. The molecule has 0 aromatic heterocycles. The highest BCUT2D eigenvalue weighted by molar-refractivity contribution is 6.22. The van der Waals surface area contributed by atoms with E-state index in [-0.39, 0.29) is 18.6 Å². The van der Waals surface area contributed by atoms with Crippen LogP contribution in [0.25, 0.3) is 0 Å². The van der Waals surface area contributed by atoms with E-state index in [4.69, 9.17) is 4.74 Å². The first-order chi connectivity index (χ1) is 11.5. The van der Waals surface area contributed by atoms with E-state index < -0.39 is 29.3 Å². The van der Waals surface area contributed by atoms with Crippen LogP contribution in [0.1, 0.15) is 22.8 Å². The van der Waals surface area contributed by atoms with Crippen LogP contribution in [0.4, 0.5) is 4.39 Å². The highest BCUT2D eigenvalue weighted by Crippen LogP contribution is 2.16. The second-order valence-electron chi connectivity index (χ2n) is 5.18. The van der Waals surface area contributed by atoms with Gasteiger partial charge in [-0.05, 0) is 36.8 Å². The van der Waals surface area contributed by atoms with Gasteiger partial charge in [-0.25, -0.2) is 4.39 Å². The summed E-state index contributed by atoms with van der Waals surface area (Å²) in [6.07, 6.45) is -0.0583. The zero-order valence-corrected chi connectivity index (χ0v) is 13.2. The molecule has 0 aliphatic carbocycles. The molecular formula is C19H17FO4. The predicted molar refractivity (Wildman–Crippen MR) is 86.0 cm³/mol. The third-order valence-electron chi connectivity index (χ3n) is 3.46. The number of ether oxygens (including phenoxy) is 1. The van der Waals surface area contributed by atoms with Gasteiger partial charge in [-0.15, -0.1) is 0 Å². The van der Waals surface area contributed by atoms with Gasteiger partial charge in [0.05, 0.1) is 6.61 Å². The number of halogens is 1. The molecule has 0 fully saturated rings. The minimum Gasteiger partial charge on any atom is -0.465 e. The highest BCUT2D eigenvalue weighted by atomic mass is 19.1. The van der Waals surface area contributed by atoms with Crippen LogP contribution in [-0.2, 0) is 20.7 Å². The summed E-state index contributed by atoms with van der Waals surface area (Å²) in [5.74, 6) is -4.17. The van der Waals surface area contributed by atoms with Gasteiger partial charge in [0.2, 0.25) is 0 Å². The summed E-state index contributed by atoms with van der Waals surface area (Å²) < 4.78 is 17.9. The molecule has 0 aliphatic rings. The molecule has 0 aliphatic heterocycles. The second-order valence-corrected chi connectivity index (χ2v) is 5.18. The van der Waals surface area contributed by atoms with Gasteiger partial charge in [0.1, 0.15) is 5.82 Å². The van der Waals surface area contributed by atoms with Crippen LogP contribution < -0.4 is 0 Å². The summed E-state index contributed by atoms with van der Waals surface area (Å²) >= 11 is 0. The van der Waals surface area contributed by atoms with Crippen molar-refractivity contribution in [2.75, 3.05) is 6.61 Å². The van der Waals surface area contributed by atoms with E-state index in [1.807, 2.05) is 0 Å². The van der Waals surface area contributed by atoms with Crippen LogP contribution in [0, 0.1) is 11.7 Å². The summed E-state index contributed by atoms with van der Waals surface area (Å²) in [5.41, 5.74) is 0.791. The molecule has 2 rings (SSSR count). The smallest absolute Gasteiger partial charge is 0.324 e. The fraction of sp³-hybridized carbons (Fsp3) is 0.211. The second kappa shape index (κ2) is 8.15. The highest BCUT2D eigenvalue weighted by Gasteiger charge is 2.35. The average molecular weight is 328 g/mol. The summed E-state index contributed by atoms with van der Waals surface area (Å²) in [5, 5.41) is 0. The number of carbonyl (C=O) groups is 3. The number of hydrogen-bond acceptors (Lipinski definition) is 4. The number of rotatable bonds is 7. The quantitative estimate of drug-likeness (QED) is 0.445. The van der Waals surface area contributed by atoms with E-state index in [1.165, 1.54) is 12.1 Å². The first-order valence-electron chi connectivity index (χ1n) is 7.56. The number of ketones is 2. The molecule has 0 bridgehead atoms. The van der Waals surface area contributed by atoms with E-state index >= 15 is 0 Å². The molecule has 0 saturated carbocycles. The third-order valence-corrected chi connectivity index (χ3v) is 3.46. The van der Waals surface area contributed by atoms with Crippen LogP contribution in [0.3, 0.4) is 0 Å². The Morgan fingerprint density at radius 2 is 1.62 bits per heavy atom. The summed E-state index contributed by atoms with van der Waals surface area (Å²) in [6.45, 7) is 1.66. The van der Waals surface area contributed by atoms with Crippen LogP contribution in [0.2, 0.25) is 0 Å². The van der Waals surface area contributed by atoms with Crippen molar-refractivity contribution >= 4 is 17.5 Å². The maximum absolute atomic E-state index is 13.0. The third kappa shape index (κ3) is 4.35. The monoisotopic (exact) mass is 328 g/mol. The molecule has 124 valence electrons. The molecular weight excluding hydrogens is 311 g/mol. The van der Waals surface area contributed by atoms with E-state index in [0.29, 0.717) is 5.56 Å². The van der Waals surface area contributed by atoms with Gasteiger partial charge >= 0.3 is 5.97 Å². The van der Waals surface area contributed by atoms with Crippen molar-refractivity contribution in [1.82, 2.24) is 0 Å². The lowest BCUT2D eigenvalue weighted by molar-refractivity contribution is -0.149. The van der Waals surface area contributed by atoms with Crippen molar-refractivity contribution in [3.05, 3.63) is 71.5 Å². The largest absolute Gasteiger partial charge is 0.465 e. The number of esters is 1. The number of carbonyl (C=O) groups excluding carboxylic acids is 3. The SMILES string of the molecule is CCOC(=O)C(C(=O)Cc1ccccc1)C(=O)c1ccc(F)cc1. The van der Waals surface area contributed by atoms with Gasteiger partial charge in [0.15, 0.2) is 17.5 Å². The predicted octanol–water partition coefficient (Wildman–Crippen LogP) is 3.00. The summed E-state index contributed by atoms with van der Waals surface area (Å²) in [4.78, 5) is 37.2. The van der Waals surface area contributed by atoms with Gasteiger partial charge in [0.25, 0.3) is 0 Å².